The summed E-state index contributed by atoms with van der Waals surface area (Å²) in [7, 11) is -2.18. The lowest BCUT2D eigenvalue weighted by Crippen LogP contribution is -2.42. The number of ether oxygens (including phenoxy) is 3. The van der Waals surface area contributed by atoms with Crippen LogP contribution < -0.4 is 9.64 Å². The third-order valence-electron chi connectivity index (χ3n) is 11.9. The molecule has 6 aromatic carbocycles. The fourth-order valence-corrected chi connectivity index (χ4v) is 8.81. The zero-order valence-corrected chi connectivity index (χ0v) is 34.3. The monoisotopic (exact) mass is 775 g/mol. The largest absolute Gasteiger partial charge is 0.488 e. The first-order chi connectivity index (χ1) is 27.5. The van der Waals surface area contributed by atoms with Crippen LogP contribution in [0.5, 0.6) is 5.75 Å². The predicted molar refractivity (Wildman–Crippen MR) is 229 cm³/mol. The van der Waals surface area contributed by atoms with Crippen molar-refractivity contribution in [3.63, 3.8) is 0 Å². The minimum absolute atomic E-state index is 0.00615. The summed E-state index contributed by atoms with van der Waals surface area (Å²) in [5.74, 6) is -0.0763. The molecular formula is C49H49NO6Si. The summed E-state index contributed by atoms with van der Waals surface area (Å²) in [5.41, 5.74) is 8.63. The van der Waals surface area contributed by atoms with Gasteiger partial charge in [0.1, 0.15) is 25.6 Å². The average molecular weight is 776 g/mol. The van der Waals surface area contributed by atoms with Gasteiger partial charge in [-0.3, -0.25) is 4.90 Å². The molecule has 7 nitrogen and oxygen atoms in total. The molecule has 57 heavy (non-hydrogen) atoms. The van der Waals surface area contributed by atoms with Crippen LogP contribution in [0.25, 0.3) is 21.9 Å². The maximum absolute atomic E-state index is 14.5. The smallest absolute Gasteiger partial charge is 0.414 e. The molecule has 0 N–H and O–H groups in total. The number of esters is 1. The number of nitrogens with zero attached hydrogens (tertiary/aromatic N) is 1. The average Bonchev–Trinajstić information content (AvgIpc) is 3.76. The summed E-state index contributed by atoms with van der Waals surface area (Å²) < 4.78 is 25.5. The van der Waals surface area contributed by atoms with Gasteiger partial charge in [-0.25, -0.2) is 9.59 Å². The first kappa shape index (κ1) is 38.2. The highest BCUT2D eigenvalue weighted by atomic mass is 28.4. The zero-order chi connectivity index (χ0) is 39.7. The van der Waals surface area contributed by atoms with Crippen LogP contribution in [0.3, 0.4) is 0 Å². The Kier molecular flexibility index (Phi) is 10.5. The number of amides is 1. The second-order valence-corrected chi connectivity index (χ2v) is 21.4. The zero-order valence-electron chi connectivity index (χ0n) is 33.3. The van der Waals surface area contributed by atoms with E-state index in [0.717, 1.165) is 38.6 Å². The molecule has 0 fully saturated rings. The lowest BCUT2D eigenvalue weighted by atomic mass is 9.93. The van der Waals surface area contributed by atoms with Crippen molar-refractivity contribution < 1.29 is 28.2 Å². The Morgan fingerprint density at radius 3 is 1.91 bits per heavy atom. The molecule has 0 radical (unpaired) electrons. The molecule has 8 heteroatoms. The van der Waals surface area contributed by atoms with Gasteiger partial charge in [0, 0.05) is 36.4 Å². The molecule has 1 unspecified atom stereocenters. The van der Waals surface area contributed by atoms with Gasteiger partial charge in [0.15, 0.2) is 8.32 Å². The summed E-state index contributed by atoms with van der Waals surface area (Å²) in [6.07, 6.45) is -0.431. The minimum atomic E-state index is -2.18. The molecule has 1 atom stereocenters. The Morgan fingerprint density at radius 1 is 0.684 bits per heavy atom. The van der Waals surface area contributed by atoms with Crippen molar-refractivity contribution in [2.75, 3.05) is 24.7 Å². The van der Waals surface area contributed by atoms with E-state index in [1.807, 2.05) is 103 Å². The van der Waals surface area contributed by atoms with Crippen molar-refractivity contribution in [1.29, 1.82) is 0 Å². The Labute approximate surface area is 336 Å². The predicted octanol–water partition coefficient (Wildman–Crippen LogP) is 11.7. The highest BCUT2D eigenvalue weighted by Gasteiger charge is 2.41. The van der Waals surface area contributed by atoms with Crippen LogP contribution in [0.1, 0.15) is 70.8 Å². The van der Waals surface area contributed by atoms with Crippen LogP contribution in [-0.4, -0.2) is 40.1 Å². The molecule has 1 aliphatic heterocycles. The number of rotatable bonds is 11. The van der Waals surface area contributed by atoms with Gasteiger partial charge in [-0.05, 0) is 80.7 Å². The number of benzene rings is 6. The van der Waals surface area contributed by atoms with Crippen molar-refractivity contribution in [3.8, 4) is 16.9 Å². The van der Waals surface area contributed by atoms with E-state index in [4.69, 9.17) is 18.6 Å². The van der Waals surface area contributed by atoms with Crippen molar-refractivity contribution >= 4 is 36.8 Å². The molecule has 1 heterocycles. The van der Waals surface area contributed by atoms with Gasteiger partial charge in [-0.1, -0.05) is 130 Å². The van der Waals surface area contributed by atoms with Gasteiger partial charge in [0.05, 0.1) is 11.3 Å². The first-order valence-electron chi connectivity index (χ1n) is 19.7. The van der Waals surface area contributed by atoms with Crippen LogP contribution in [-0.2, 0) is 27.1 Å². The Balaban J connectivity index is 1.17. The first-order valence-corrected chi connectivity index (χ1v) is 22.6. The summed E-state index contributed by atoms with van der Waals surface area (Å²) >= 11 is 0. The standard InChI is InChI=1S/C49H49NO6Si/c1-49(2,3)57(4,5)56-31-36-28-50(48(52)55-32-43-39-22-14-12-20-37(39)38-21-13-15-23-40(38)43)44-27-45(53-29-33-16-8-6-9-17-33)41-25-24-35(26-42(41)46(36)44)47(51)54-30-34-18-10-7-11-19-34/h6-27,36,43H,28-32H2,1-5H3. The number of hydrogen-bond acceptors (Lipinski definition) is 6. The normalized spacial score (nSPS) is 14.9. The number of anilines is 1. The summed E-state index contributed by atoms with van der Waals surface area (Å²) in [6, 6.07) is 43.9. The second kappa shape index (κ2) is 15.7. The van der Waals surface area contributed by atoms with Gasteiger partial charge >= 0.3 is 12.1 Å². The lowest BCUT2D eigenvalue weighted by Gasteiger charge is -2.37. The molecule has 0 bridgehead atoms. The van der Waals surface area contributed by atoms with Crippen LogP contribution in [0.15, 0.2) is 133 Å². The van der Waals surface area contributed by atoms with Gasteiger partial charge in [-0.15, -0.1) is 0 Å². The van der Waals surface area contributed by atoms with E-state index >= 15 is 0 Å². The van der Waals surface area contributed by atoms with E-state index in [9.17, 15) is 9.59 Å². The highest BCUT2D eigenvalue weighted by molar-refractivity contribution is 6.74. The lowest BCUT2D eigenvalue weighted by molar-refractivity contribution is 0.0473. The third kappa shape index (κ3) is 7.72. The summed E-state index contributed by atoms with van der Waals surface area (Å²) in [5, 5.41) is 1.66. The number of hydrogen-bond donors (Lipinski definition) is 0. The maximum Gasteiger partial charge on any atom is 0.414 e. The molecule has 0 saturated heterocycles. The van der Waals surface area contributed by atoms with Crippen molar-refractivity contribution in [1.82, 2.24) is 0 Å². The fraction of sp³-hybridized carbons (Fsp3) is 0.265. The van der Waals surface area contributed by atoms with E-state index in [1.54, 1.807) is 11.0 Å². The Hall–Kier alpha value is -5.70. The van der Waals surface area contributed by atoms with E-state index in [1.165, 1.54) is 11.1 Å². The molecule has 0 aromatic heterocycles. The molecule has 290 valence electrons. The summed E-state index contributed by atoms with van der Waals surface area (Å²) in [6.45, 7) is 12.6. The molecule has 1 aliphatic carbocycles. The molecule has 0 spiro atoms. The van der Waals surface area contributed by atoms with Crippen LogP contribution in [0.2, 0.25) is 18.1 Å². The van der Waals surface area contributed by atoms with Crippen molar-refractivity contribution in [3.05, 3.63) is 167 Å². The number of carbonyl (C=O) groups excluding carboxylic acids is 2. The van der Waals surface area contributed by atoms with Gasteiger partial charge in [-0.2, -0.15) is 0 Å². The number of carbonyl (C=O) groups is 2. The molecule has 8 rings (SSSR count). The molecule has 0 saturated carbocycles. The quantitative estimate of drug-likeness (QED) is 0.0964. The molecule has 6 aromatic rings. The maximum atomic E-state index is 14.5. The van der Waals surface area contributed by atoms with Crippen LogP contribution in [0.4, 0.5) is 10.5 Å². The minimum Gasteiger partial charge on any atom is -0.488 e. The fourth-order valence-electron chi connectivity index (χ4n) is 7.76. The Bertz CT molecular complexity index is 2380. The van der Waals surface area contributed by atoms with E-state index < -0.39 is 20.4 Å². The van der Waals surface area contributed by atoms with Crippen molar-refractivity contribution in [2.24, 2.45) is 0 Å². The number of fused-ring (bicyclic) bond motifs is 6. The van der Waals surface area contributed by atoms with Gasteiger partial charge in [0.2, 0.25) is 0 Å². The van der Waals surface area contributed by atoms with Crippen molar-refractivity contribution in [2.45, 2.75) is 64.0 Å². The SMILES string of the molecule is CC(C)(C)[Si](C)(C)OCC1CN(C(=O)OCC2c3ccccc3-c3ccccc32)c2cc(OCc3ccccc3)c3ccc(C(=O)OCc4ccccc4)cc3c21. The molecule has 1 amide bonds. The topological polar surface area (TPSA) is 74.3 Å². The highest BCUT2D eigenvalue weighted by Crippen LogP contribution is 2.48. The van der Waals surface area contributed by atoms with Gasteiger partial charge < -0.3 is 18.6 Å². The van der Waals surface area contributed by atoms with Crippen LogP contribution >= 0.6 is 0 Å². The Morgan fingerprint density at radius 2 is 1.28 bits per heavy atom. The summed E-state index contributed by atoms with van der Waals surface area (Å²) in [4.78, 5) is 29.8. The van der Waals surface area contributed by atoms with E-state index in [-0.39, 0.29) is 30.1 Å². The van der Waals surface area contributed by atoms with E-state index in [2.05, 4.69) is 58.1 Å². The molecular weight excluding hydrogens is 727 g/mol. The van der Waals surface area contributed by atoms with Gasteiger partial charge in [0.25, 0.3) is 0 Å². The molecule has 2 aliphatic rings. The van der Waals surface area contributed by atoms with E-state index in [0.29, 0.717) is 36.8 Å². The van der Waals surface area contributed by atoms with Crippen LogP contribution in [0, 0.1) is 0 Å². The third-order valence-corrected chi connectivity index (χ3v) is 16.4. The second-order valence-electron chi connectivity index (χ2n) is 16.6.